The van der Waals surface area contributed by atoms with E-state index in [-0.39, 0.29) is 29.7 Å². The van der Waals surface area contributed by atoms with E-state index in [1.807, 2.05) is 49.2 Å². The number of halogens is 1. The van der Waals surface area contributed by atoms with E-state index in [1.165, 1.54) is 6.07 Å². The number of nitrogens with one attached hydrogen (secondary N) is 1. The predicted octanol–water partition coefficient (Wildman–Crippen LogP) is 3.82. The van der Waals surface area contributed by atoms with Crippen LogP contribution in [0, 0.1) is 10.1 Å². The number of nitro groups is 1. The van der Waals surface area contributed by atoms with Crippen molar-refractivity contribution < 1.29 is 9.66 Å². The first-order valence-electron chi connectivity index (χ1n) is 8.40. The van der Waals surface area contributed by atoms with Crippen LogP contribution in [0.5, 0.6) is 5.75 Å². The Morgan fingerprint density at radius 1 is 1.22 bits per heavy atom. The number of aliphatic imine (C=N–C) groups is 1. The smallest absolute Gasteiger partial charge is 0.269 e. The summed E-state index contributed by atoms with van der Waals surface area (Å²) in [7, 11) is 3.66. The molecule has 0 radical (unpaired) electrons. The summed E-state index contributed by atoms with van der Waals surface area (Å²) in [5, 5.41) is 14.1. The zero-order chi connectivity index (χ0) is 18.9. The van der Waals surface area contributed by atoms with Crippen LogP contribution in [0.1, 0.15) is 18.1 Å². The summed E-state index contributed by atoms with van der Waals surface area (Å²) in [6, 6.07) is 14.5. The highest BCUT2D eigenvalue weighted by Crippen LogP contribution is 2.14. The molecular weight excluding hydrogens is 459 g/mol. The number of ether oxygens (including phenoxy) is 1. The fourth-order valence-corrected chi connectivity index (χ4v) is 2.55. The first-order valence-corrected chi connectivity index (χ1v) is 8.40. The summed E-state index contributed by atoms with van der Waals surface area (Å²) in [5.41, 5.74) is 2.05. The third kappa shape index (κ3) is 7.05. The van der Waals surface area contributed by atoms with Crippen LogP contribution in [-0.4, -0.2) is 36.5 Å². The predicted molar refractivity (Wildman–Crippen MR) is 118 cm³/mol. The van der Waals surface area contributed by atoms with Gasteiger partial charge in [0.25, 0.3) is 5.69 Å². The molecule has 27 heavy (non-hydrogen) atoms. The van der Waals surface area contributed by atoms with E-state index >= 15 is 0 Å². The van der Waals surface area contributed by atoms with Gasteiger partial charge in [-0.25, -0.2) is 0 Å². The molecular formula is C19H25IN4O3. The Hall–Kier alpha value is -2.36. The molecule has 1 N–H and O–H groups in total. The minimum absolute atomic E-state index is 0. The number of nitrogens with zero attached hydrogens (tertiary/aromatic N) is 3. The molecule has 0 aliphatic carbocycles. The standard InChI is InChI=1S/C19H24N4O3.HI/c1-4-26-18-10-8-15(9-11-18)14-22(3)19(20-2)21-13-16-6-5-7-17(12-16)23(24)25;/h5-12H,4,13-14H2,1-3H3,(H,20,21);1H. The second-order valence-corrected chi connectivity index (χ2v) is 5.76. The minimum Gasteiger partial charge on any atom is -0.494 e. The van der Waals surface area contributed by atoms with E-state index in [4.69, 9.17) is 4.74 Å². The van der Waals surface area contributed by atoms with Gasteiger partial charge in [0.15, 0.2) is 5.96 Å². The average molecular weight is 484 g/mol. The van der Waals surface area contributed by atoms with Crippen molar-refractivity contribution in [1.82, 2.24) is 10.2 Å². The fraction of sp³-hybridized carbons (Fsp3) is 0.316. The van der Waals surface area contributed by atoms with Crippen molar-refractivity contribution in [2.24, 2.45) is 4.99 Å². The van der Waals surface area contributed by atoms with Gasteiger partial charge in [0, 0.05) is 39.3 Å². The zero-order valence-electron chi connectivity index (χ0n) is 15.7. The summed E-state index contributed by atoms with van der Waals surface area (Å²) in [5.74, 6) is 1.57. The van der Waals surface area contributed by atoms with Crippen LogP contribution in [0.15, 0.2) is 53.5 Å². The third-order valence-corrected chi connectivity index (χ3v) is 3.80. The highest BCUT2D eigenvalue weighted by molar-refractivity contribution is 14.0. The van der Waals surface area contributed by atoms with Crippen molar-refractivity contribution in [2.45, 2.75) is 20.0 Å². The maximum absolute atomic E-state index is 10.9. The third-order valence-electron chi connectivity index (χ3n) is 3.80. The fourth-order valence-electron chi connectivity index (χ4n) is 2.55. The van der Waals surface area contributed by atoms with Crippen LogP contribution in [0.4, 0.5) is 5.69 Å². The molecule has 7 nitrogen and oxygen atoms in total. The number of benzene rings is 2. The topological polar surface area (TPSA) is 80.0 Å². The molecule has 0 heterocycles. The lowest BCUT2D eigenvalue weighted by Gasteiger charge is -2.22. The van der Waals surface area contributed by atoms with E-state index in [9.17, 15) is 10.1 Å². The molecule has 8 heteroatoms. The van der Waals surface area contributed by atoms with E-state index in [0.717, 1.165) is 16.9 Å². The molecule has 0 amide bonds. The monoisotopic (exact) mass is 484 g/mol. The summed E-state index contributed by atoms with van der Waals surface area (Å²) in [4.78, 5) is 16.7. The van der Waals surface area contributed by atoms with Gasteiger partial charge < -0.3 is 15.0 Å². The van der Waals surface area contributed by atoms with Crippen molar-refractivity contribution in [3.63, 3.8) is 0 Å². The number of non-ortho nitro benzene ring substituents is 1. The molecule has 0 aliphatic heterocycles. The van der Waals surface area contributed by atoms with E-state index in [2.05, 4.69) is 10.3 Å². The summed E-state index contributed by atoms with van der Waals surface area (Å²) < 4.78 is 5.45. The largest absolute Gasteiger partial charge is 0.494 e. The first-order chi connectivity index (χ1) is 12.5. The molecule has 0 unspecified atom stereocenters. The van der Waals surface area contributed by atoms with Crippen molar-refractivity contribution in [3.8, 4) is 5.75 Å². The van der Waals surface area contributed by atoms with Gasteiger partial charge >= 0.3 is 0 Å². The van der Waals surface area contributed by atoms with Crippen LogP contribution in [0.25, 0.3) is 0 Å². The van der Waals surface area contributed by atoms with Crippen molar-refractivity contribution >= 4 is 35.6 Å². The van der Waals surface area contributed by atoms with Crippen LogP contribution in [0.2, 0.25) is 0 Å². The van der Waals surface area contributed by atoms with Crippen molar-refractivity contribution in [1.29, 1.82) is 0 Å². The zero-order valence-corrected chi connectivity index (χ0v) is 18.0. The minimum atomic E-state index is -0.392. The molecule has 2 aromatic rings. The normalized spacial score (nSPS) is 10.7. The molecule has 2 rings (SSSR count). The van der Waals surface area contributed by atoms with Gasteiger partial charge in [-0.3, -0.25) is 15.1 Å². The number of guanidine groups is 1. The van der Waals surface area contributed by atoms with Gasteiger partial charge in [0.1, 0.15) is 5.75 Å². The second kappa shape index (κ2) is 11.4. The summed E-state index contributed by atoms with van der Waals surface area (Å²) in [6.45, 7) is 3.75. The molecule has 0 aromatic heterocycles. The van der Waals surface area contributed by atoms with Crippen LogP contribution < -0.4 is 10.1 Å². The maximum atomic E-state index is 10.9. The molecule has 0 saturated carbocycles. The summed E-state index contributed by atoms with van der Waals surface area (Å²) in [6.07, 6.45) is 0. The van der Waals surface area contributed by atoms with E-state index in [1.54, 1.807) is 19.2 Å². The first kappa shape index (κ1) is 22.7. The quantitative estimate of drug-likeness (QED) is 0.213. The molecule has 0 bridgehead atoms. The lowest BCUT2D eigenvalue weighted by Crippen LogP contribution is -2.38. The lowest BCUT2D eigenvalue weighted by molar-refractivity contribution is -0.384. The molecule has 0 spiro atoms. The Labute approximate surface area is 176 Å². The van der Waals surface area contributed by atoms with Gasteiger partial charge in [0.2, 0.25) is 0 Å². The average Bonchev–Trinajstić information content (AvgIpc) is 2.64. The van der Waals surface area contributed by atoms with E-state index in [0.29, 0.717) is 25.7 Å². The Kier molecular flexibility index (Phi) is 9.55. The number of hydrogen-bond donors (Lipinski definition) is 1. The molecule has 0 saturated heterocycles. The van der Waals surface area contributed by atoms with Crippen LogP contribution in [0.3, 0.4) is 0 Å². The Bertz CT molecular complexity index is 766. The molecule has 0 aliphatic rings. The molecule has 2 aromatic carbocycles. The Morgan fingerprint density at radius 2 is 1.93 bits per heavy atom. The Balaban J connectivity index is 0.00000364. The molecule has 0 atom stereocenters. The number of nitro benzene ring substituents is 1. The molecule has 0 fully saturated rings. The molecule has 146 valence electrons. The van der Waals surface area contributed by atoms with Crippen molar-refractivity contribution in [3.05, 3.63) is 69.8 Å². The maximum Gasteiger partial charge on any atom is 0.269 e. The van der Waals surface area contributed by atoms with Crippen LogP contribution in [-0.2, 0) is 13.1 Å². The van der Waals surface area contributed by atoms with Crippen molar-refractivity contribution in [2.75, 3.05) is 20.7 Å². The van der Waals surface area contributed by atoms with Crippen LogP contribution >= 0.6 is 24.0 Å². The SMILES string of the molecule is CCOc1ccc(CN(C)C(=NC)NCc2cccc([N+](=O)[O-])c2)cc1.I. The second-order valence-electron chi connectivity index (χ2n) is 5.76. The summed E-state index contributed by atoms with van der Waals surface area (Å²) >= 11 is 0. The number of hydrogen-bond acceptors (Lipinski definition) is 4. The number of rotatable bonds is 7. The van der Waals surface area contributed by atoms with Gasteiger partial charge in [-0.1, -0.05) is 24.3 Å². The van der Waals surface area contributed by atoms with Gasteiger partial charge in [-0.15, -0.1) is 24.0 Å². The van der Waals surface area contributed by atoms with E-state index < -0.39 is 4.92 Å². The lowest BCUT2D eigenvalue weighted by atomic mass is 10.2. The Morgan fingerprint density at radius 3 is 2.52 bits per heavy atom. The van der Waals surface area contributed by atoms with Gasteiger partial charge in [0.05, 0.1) is 11.5 Å². The van der Waals surface area contributed by atoms with Gasteiger partial charge in [-0.2, -0.15) is 0 Å². The highest BCUT2D eigenvalue weighted by Gasteiger charge is 2.09. The highest BCUT2D eigenvalue weighted by atomic mass is 127. The van der Waals surface area contributed by atoms with Gasteiger partial charge in [-0.05, 0) is 30.2 Å².